The normalized spacial score (nSPS) is 15.3. The first-order valence-corrected chi connectivity index (χ1v) is 10.5. The third-order valence-electron chi connectivity index (χ3n) is 6.07. The number of benzene rings is 1. The maximum absolute atomic E-state index is 6.03. The summed E-state index contributed by atoms with van der Waals surface area (Å²) in [7, 11) is 2.24. The number of nitrogen functional groups attached to an aromatic ring is 1. The van der Waals surface area contributed by atoms with Crippen molar-refractivity contribution in [2.75, 3.05) is 19.3 Å². The zero-order valence-corrected chi connectivity index (χ0v) is 17.1. The minimum absolute atomic E-state index is 0.479. The van der Waals surface area contributed by atoms with Gasteiger partial charge in [0.05, 0.1) is 5.52 Å². The van der Waals surface area contributed by atoms with Gasteiger partial charge < -0.3 is 20.6 Å². The summed E-state index contributed by atoms with van der Waals surface area (Å²) in [6, 6.07) is 10.8. The van der Waals surface area contributed by atoms with Crippen molar-refractivity contribution < 1.29 is 0 Å². The van der Waals surface area contributed by atoms with Crippen LogP contribution in [0.2, 0.25) is 0 Å². The number of nitrogens with one attached hydrogen (secondary N) is 2. The van der Waals surface area contributed by atoms with E-state index in [9.17, 15) is 0 Å². The first-order valence-electron chi connectivity index (χ1n) is 10.5. The topological polar surface area (TPSA) is 86.6 Å². The van der Waals surface area contributed by atoms with Crippen LogP contribution in [0.15, 0.2) is 30.3 Å². The number of rotatable bonds is 5. The molecule has 29 heavy (non-hydrogen) atoms. The molecule has 1 aromatic carbocycles. The number of aryl methyl sites for hydroxylation is 1. The second-order valence-electron chi connectivity index (χ2n) is 8.57. The van der Waals surface area contributed by atoms with E-state index in [0.717, 1.165) is 40.6 Å². The molecule has 0 aliphatic heterocycles. The molecule has 3 aromatic heterocycles. The third-order valence-corrected chi connectivity index (χ3v) is 6.07. The lowest BCUT2D eigenvalue weighted by Crippen LogP contribution is -2.24. The van der Waals surface area contributed by atoms with Gasteiger partial charge >= 0.3 is 0 Å². The van der Waals surface area contributed by atoms with Crippen LogP contribution >= 0.6 is 0 Å². The SMILES string of the molecule is Cc1nc2nc(N)cc(-c3cc4cc(CN(C)CC5CCCC5)ccc4[nH]3)c2[nH]1. The smallest absolute Gasteiger partial charge is 0.180 e. The summed E-state index contributed by atoms with van der Waals surface area (Å²) in [5, 5.41) is 1.21. The van der Waals surface area contributed by atoms with E-state index in [0.29, 0.717) is 11.5 Å². The molecule has 6 nitrogen and oxygen atoms in total. The monoisotopic (exact) mass is 388 g/mol. The van der Waals surface area contributed by atoms with E-state index >= 15 is 0 Å². The van der Waals surface area contributed by atoms with Crippen LogP contribution in [0, 0.1) is 12.8 Å². The van der Waals surface area contributed by atoms with E-state index in [1.165, 1.54) is 43.2 Å². The highest BCUT2D eigenvalue weighted by atomic mass is 15.1. The van der Waals surface area contributed by atoms with Crippen molar-refractivity contribution in [2.45, 2.75) is 39.2 Å². The Morgan fingerprint density at radius 3 is 2.76 bits per heavy atom. The average molecular weight is 389 g/mol. The molecule has 1 aliphatic carbocycles. The highest BCUT2D eigenvalue weighted by Gasteiger charge is 2.17. The van der Waals surface area contributed by atoms with Gasteiger partial charge in [-0.05, 0) is 62.6 Å². The molecule has 1 fully saturated rings. The minimum atomic E-state index is 0.479. The predicted octanol–water partition coefficient (Wildman–Crippen LogP) is 4.62. The van der Waals surface area contributed by atoms with Gasteiger partial charge in [0.1, 0.15) is 11.6 Å². The lowest BCUT2D eigenvalue weighted by atomic mass is 10.1. The van der Waals surface area contributed by atoms with Gasteiger partial charge in [0.25, 0.3) is 0 Å². The van der Waals surface area contributed by atoms with Crippen molar-refractivity contribution in [2.24, 2.45) is 5.92 Å². The Hall–Kier alpha value is -2.86. The summed E-state index contributed by atoms with van der Waals surface area (Å²) in [4.78, 5) is 18.1. The number of imidazole rings is 1. The maximum Gasteiger partial charge on any atom is 0.180 e. The zero-order valence-electron chi connectivity index (χ0n) is 17.1. The van der Waals surface area contributed by atoms with Gasteiger partial charge in [0.15, 0.2) is 5.65 Å². The van der Waals surface area contributed by atoms with Crippen LogP contribution in [0.25, 0.3) is 33.3 Å². The fourth-order valence-corrected chi connectivity index (χ4v) is 4.77. The second kappa shape index (κ2) is 7.19. The van der Waals surface area contributed by atoms with Crippen LogP contribution in [-0.2, 0) is 6.54 Å². The Morgan fingerprint density at radius 2 is 1.93 bits per heavy atom. The van der Waals surface area contributed by atoms with Gasteiger partial charge in [-0.2, -0.15) is 0 Å². The summed E-state index contributed by atoms with van der Waals surface area (Å²) in [5.41, 5.74) is 12.1. The van der Waals surface area contributed by atoms with Gasteiger partial charge in [-0.25, -0.2) is 9.97 Å². The number of nitrogens with two attached hydrogens (primary N) is 1. The quantitative estimate of drug-likeness (QED) is 0.466. The first kappa shape index (κ1) is 18.2. The van der Waals surface area contributed by atoms with Gasteiger partial charge in [-0.3, -0.25) is 0 Å². The molecule has 0 bridgehead atoms. The number of aromatic nitrogens is 4. The highest BCUT2D eigenvalue weighted by molar-refractivity contribution is 5.95. The Labute approximate surface area is 170 Å². The van der Waals surface area contributed by atoms with E-state index in [-0.39, 0.29) is 0 Å². The zero-order chi connectivity index (χ0) is 20.0. The van der Waals surface area contributed by atoms with Crippen molar-refractivity contribution in [1.82, 2.24) is 24.8 Å². The van der Waals surface area contributed by atoms with Crippen LogP contribution < -0.4 is 5.73 Å². The molecule has 1 saturated carbocycles. The van der Waals surface area contributed by atoms with E-state index < -0.39 is 0 Å². The summed E-state index contributed by atoms with van der Waals surface area (Å²) < 4.78 is 0. The molecular formula is C23H28N6. The second-order valence-corrected chi connectivity index (χ2v) is 8.57. The molecule has 6 heteroatoms. The molecular weight excluding hydrogens is 360 g/mol. The molecule has 0 amide bonds. The van der Waals surface area contributed by atoms with Gasteiger partial charge in [0, 0.05) is 35.2 Å². The number of fused-ring (bicyclic) bond motifs is 2. The molecule has 0 unspecified atom stereocenters. The molecule has 0 spiro atoms. The van der Waals surface area contributed by atoms with Gasteiger partial charge in [0.2, 0.25) is 0 Å². The predicted molar refractivity (Wildman–Crippen MR) is 119 cm³/mol. The van der Waals surface area contributed by atoms with E-state index in [2.05, 4.69) is 56.1 Å². The van der Waals surface area contributed by atoms with Crippen molar-refractivity contribution >= 4 is 27.9 Å². The van der Waals surface area contributed by atoms with E-state index in [1.54, 1.807) is 0 Å². The number of hydrogen-bond donors (Lipinski definition) is 3. The molecule has 150 valence electrons. The maximum atomic E-state index is 6.03. The number of hydrogen-bond acceptors (Lipinski definition) is 4. The summed E-state index contributed by atoms with van der Waals surface area (Å²) >= 11 is 0. The number of aromatic amines is 2. The van der Waals surface area contributed by atoms with Gasteiger partial charge in [-0.1, -0.05) is 18.9 Å². The molecule has 0 saturated heterocycles. The standard InChI is InChI=1S/C23H28N6/c1-14-25-22-18(11-21(24)28-23(22)26-14)20-10-17-9-16(7-8-19(17)27-20)13-29(2)12-15-5-3-4-6-15/h7-11,15,27H,3-6,12-13H2,1-2H3,(H3,24,25,26,28). The first-order chi connectivity index (χ1) is 14.0. The van der Waals surface area contributed by atoms with Crippen LogP contribution in [0.1, 0.15) is 37.1 Å². The lowest BCUT2D eigenvalue weighted by Gasteiger charge is -2.20. The lowest BCUT2D eigenvalue weighted by molar-refractivity contribution is 0.271. The average Bonchev–Trinajstić information content (AvgIpc) is 3.39. The van der Waals surface area contributed by atoms with Crippen LogP contribution in [-0.4, -0.2) is 38.4 Å². The number of anilines is 1. The van der Waals surface area contributed by atoms with Crippen LogP contribution in [0.3, 0.4) is 0 Å². The largest absolute Gasteiger partial charge is 0.384 e. The Morgan fingerprint density at radius 1 is 1.10 bits per heavy atom. The third kappa shape index (κ3) is 3.60. The molecule has 0 radical (unpaired) electrons. The number of pyridine rings is 1. The Kier molecular flexibility index (Phi) is 4.51. The van der Waals surface area contributed by atoms with E-state index in [4.69, 9.17) is 5.73 Å². The number of nitrogens with zero attached hydrogens (tertiary/aromatic N) is 3. The molecule has 1 aliphatic rings. The summed E-state index contributed by atoms with van der Waals surface area (Å²) in [6.07, 6.45) is 5.58. The summed E-state index contributed by atoms with van der Waals surface area (Å²) in [6.45, 7) is 4.12. The minimum Gasteiger partial charge on any atom is -0.384 e. The number of H-pyrrole nitrogens is 2. The van der Waals surface area contributed by atoms with Crippen molar-refractivity contribution in [3.05, 3.63) is 41.7 Å². The van der Waals surface area contributed by atoms with Crippen molar-refractivity contribution in [3.8, 4) is 11.3 Å². The Balaban J connectivity index is 1.44. The highest BCUT2D eigenvalue weighted by Crippen LogP contribution is 2.31. The van der Waals surface area contributed by atoms with E-state index in [1.807, 2.05) is 13.0 Å². The fraction of sp³-hybridized carbons (Fsp3) is 0.391. The molecule has 3 heterocycles. The van der Waals surface area contributed by atoms with Crippen molar-refractivity contribution in [1.29, 1.82) is 0 Å². The molecule has 4 N–H and O–H groups in total. The summed E-state index contributed by atoms with van der Waals surface area (Å²) in [5.74, 6) is 2.19. The Bertz CT molecular complexity index is 1170. The van der Waals surface area contributed by atoms with Crippen LogP contribution in [0.5, 0.6) is 0 Å². The molecule has 0 atom stereocenters. The van der Waals surface area contributed by atoms with Crippen LogP contribution in [0.4, 0.5) is 5.82 Å². The van der Waals surface area contributed by atoms with Gasteiger partial charge in [-0.15, -0.1) is 0 Å². The fourth-order valence-electron chi connectivity index (χ4n) is 4.77. The van der Waals surface area contributed by atoms with Crippen molar-refractivity contribution in [3.63, 3.8) is 0 Å². The molecule has 5 rings (SSSR count). The molecule has 4 aromatic rings.